The standard InChI is InChI=1S/C34H29N3O5/c1-20-30(38)29-26(31(39)32(20)41-2)24(19-42-33(35)40)27-28-25(18-36(27)29)37(28)34(21-12-6-3-7-13-21,22-14-8-4-9-15-22)23-16-10-5-11-17-23/h3-17,25,28H,18-19H2,1-2H3,(H2,35,40)/t25-,28-,37?/m0/s1. The maximum atomic E-state index is 13.7. The third kappa shape index (κ3) is 3.48. The van der Waals surface area contributed by atoms with Crippen molar-refractivity contribution in [2.24, 2.45) is 5.73 Å². The number of ether oxygens (including phenoxy) is 2. The van der Waals surface area contributed by atoms with Crippen molar-refractivity contribution in [3.8, 4) is 0 Å². The highest BCUT2D eigenvalue weighted by molar-refractivity contribution is 6.26. The van der Waals surface area contributed by atoms with Crippen molar-refractivity contribution in [3.63, 3.8) is 0 Å². The molecular weight excluding hydrogens is 530 g/mol. The van der Waals surface area contributed by atoms with Gasteiger partial charge in [0.2, 0.25) is 11.6 Å². The maximum absolute atomic E-state index is 13.7. The van der Waals surface area contributed by atoms with Crippen molar-refractivity contribution in [2.75, 3.05) is 7.11 Å². The zero-order valence-corrected chi connectivity index (χ0v) is 23.2. The molecule has 3 atom stereocenters. The molecule has 1 saturated heterocycles. The van der Waals surface area contributed by atoms with E-state index in [-0.39, 0.29) is 41.4 Å². The molecule has 1 fully saturated rings. The van der Waals surface area contributed by atoms with Crippen molar-refractivity contribution in [1.82, 2.24) is 9.47 Å². The third-order valence-corrected chi connectivity index (χ3v) is 8.84. The second-order valence-corrected chi connectivity index (χ2v) is 10.9. The number of allylic oxidation sites excluding steroid dienone is 2. The van der Waals surface area contributed by atoms with Gasteiger partial charge in [-0.15, -0.1) is 0 Å². The highest BCUT2D eigenvalue weighted by Gasteiger charge is 2.66. The van der Waals surface area contributed by atoms with Crippen LogP contribution in [0.25, 0.3) is 0 Å². The Morgan fingerprint density at radius 2 is 1.40 bits per heavy atom. The van der Waals surface area contributed by atoms with Gasteiger partial charge in [-0.25, -0.2) is 4.79 Å². The molecule has 1 aromatic heterocycles. The summed E-state index contributed by atoms with van der Waals surface area (Å²) in [5.41, 5.74) is 10.1. The number of hydrogen-bond donors (Lipinski definition) is 1. The number of rotatable bonds is 7. The molecule has 2 N–H and O–H groups in total. The highest BCUT2D eigenvalue weighted by atomic mass is 16.5. The summed E-state index contributed by atoms with van der Waals surface area (Å²) in [6.45, 7) is 1.89. The van der Waals surface area contributed by atoms with Gasteiger partial charge in [0.25, 0.3) is 0 Å². The summed E-state index contributed by atoms with van der Waals surface area (Å²) in [6, 6.07) is 31.0. The average molecular weight is 560 g/mol. The lowest BCUT2D eigenvalue weighted by molar-refractivity contribution is 0.0899. The molecule has 0 radical (unpaired) electrons. The molecule has 210 valence electrons. The van der Waals surface area contributed by atoms with Gasteiger partial charge < -0.3 is 19.8 Å². The topological polar surface area (TPSA) is 104 Å². The van der Waals surface area contributed by atoms with Crippen LogP contribution < -0.4 is 5.73 Å². The van der Waals surface area contributed by atoms with Gasteiger partial charge in [0, 0.05) is 23.4 Å². The molecule has 4 aromatic rings. The molecule has 1 amide bonds. The first-order chi connectivity index (χ1) is 20.4. The van der Waals surface area contributed by atoms with Crippen LogP contribution in [0.4, 0.5) is 4.79 Å². The molecule has 8 heteroatoms. The summed E-state index contributed by atoms with van der Waals surface area (Å²) in [7, 11) is 1.38. The van der Waals surface area contributed by atoms with Gasteiger partial charge in [0.1, 0.15) is 12.3 Å². The third-order valence-electron chi connectivity index (χ3n) is 8.84. The molecule has 42 heavy (non-hydrogen) atoms. The summed E-state index contributed by atoms with van der Waals surface area (Å²) < 4.78 is 12.6. The zero-order chi connectivity index (χ0) is 29.2. The Labute approximate surface area is 243 Å². The molecular formula is C34H29N3O5. The highest BCUT2D eigenvalue weighted by Crippen LogP contribution is 2.62. The Morgan fingerprint density at radius 1 is 0.881 bits per heavy atom. The van der Waals surface area contributed by atoms with Crippen LogP contribution in [0.2, 0.25) is 0 Å². The molecule has 1 unspecified atom stereocenters. The molecule has 1 aliphatic carbocycles. The van der Waals surface area contributed by atoms with Crippen LogP contribution in [0.15, 0.2) is 102 Å². The number of nitrogens with two attached hydrogens (primary N) is 1. The minimum atomic E-state index is -0.952. The Morgan fingerprint density at radius 3 is 1.88 bits per heavy atom. The van der Waals surface area contributed by atoms with Gasteiger partial charge in [0.05, 0.1) is 30.3 Å². The normalized spacial score (nSPS) is 20.6. The molecule has 0 spiro atoms. The van der Waals surface area contributed by atoms with Gasteiger partial charge in [-0.05, 0) is 23.6 Å². The molecule has 7 rings (SSSR count). The predicted molar refractivity (Wildman–Crippen MR) is 155 cm³/mol. The first-order valence-electron chi connectivity index (χ1n) is 13.9. The van der Waals surface area contributed by atoms with E-state index in [0.717, 1.165) is 22.4 Å². The predicted octanol–water partition coefficient (Wildman–Crippen LogP) is 5.11. The van der Waals surface area contributed by atoms with Crippen LogP contribution in [0.5, 0.6) is 0 Å². The Bertz CT molecular complexity index is 1680. The number of methoxy groups -OCH3 is 1. The number of amides is 1. The van der Waals surface area contributed by atoms with Gasteiger partial charge in [0.15, 0.2) is 5.76 Å². The van der Waals surface area contributed by atoms with Crippen LogP contribution in [0.3, 0.4) is 0 Å². The summed E-state index contributed by atoms with van der Waals surface area (Å²) in [4.78, 5) is 41.6. The molecule has 0 bridgehead atoms. The van der Waals surface area contributed by atoms with E-state index in [9.17, 15) is 14.4 Å². The number of carbonyl (C=O) groups excluding carboxylic acids is 3. The molecule has 8 nitrogen and oxygen atoms in total. The number of hydrogen-bond acceptors (Lipinski definition) is 6. The van der Waals surface area contributed by atoms with E-state index in [1.807, 2.05) is 59.2 Å². The van der Waals surface area contributed by atoms with Crippen LogP contribution in [0.1, 0.15) is 61.8 Å². The lowest BCUT2D eigenvalue weighted by Crippen LogP contribution is -2.40. The van der Waals surface area contributed by atoms with Crippen molar-refractivity contribution in [1.29, 1.82) is 0 Å². The van der Waals surface area contributed by atoms with Crippen LogP contribution in [-0.4, -0.2) is 40.3 Å². The van der Waals surface area contributed by atoms with Gasteiger partial charge in [-0.1, -0.05) is 91.0 Å². The van der Waals surface area contributed by atoms with E-state index < -0.39 is 17.4 Å². The van der Waals surface area contributed by atoms with E-state index in [4.69, 9.17) is 15.2 Å². The van der Waals surface area contributed by atoms with Crippen LogP contribution >= 0.6 is 0 Å². The quantitative estimate of drug-likeness (QED) is 0.249. The first-order valence-corrected chi connectivity index (χ1v) is 13.9. The smallest absolute Gasteiger partial charge is 0.404 e. The van der Waals surface area contributed by atoms with Crippen molar-refractivity contribution in [3.05, 3.63) is 142 Å². The van der Waals surface area contributed by atoms with Gasteiger partial charge in [-0.2, -0.15) is 0 Å². The minimum absolute atomic E-state index is 0.00788. The van der Waals surface area contributed by atoms with Crippen LogP contribution in [-0.2, 0) is 28.2 Å². The summed E-state index contributed by atoms with van der Waals surface area (Å²) in [5, 5.41) is 0. The fraction of sp³-hybridized carbons (Fsp3) is 0.206. The van der Waals surface area contributed by atoms with E-state index in [0.29, 0.717) is 17.8 Å². The number of ketones is 2. The zero-order valence-electron chi connectivity index (χ0n) is 23.2. The Balaban J connectivity index is 1.46. The fourth-order valence-corrected chi connectivity index (χ4v) is 7.21. The number of benzene rings is 3. The maximum Gasteiger partial charge on any atom is 0.404 e. The van der Waals surface area contributed by atoms with Crippen molar-refractivity contribution in [2.45, 2.75) is 37.7 Å². The monoisotopic (exact) mass is 559 g/mol. The molecule has 3 aliphatic rings. The van der Waals surface area contributed by atoms with E-state index in [1.165, 1.54) is 7.11 Å². The molecule has 2 aliphatic heterocycles. The molecule has 0 saturated carbocycles. The number of fused-ring (bicyclic) bond motifs is 5. The van der Waals surface area contributed by atoms with Gasteiger partial charge in [-0.3, -0.25) is 14.5 Å². The second-order valence-electron chi connectivity index (χ2n) is 10.9. The van der Waals surface area contributed by atoms with E-state index in [2.05, 4.69) is 41.3 Å². The lowest BCUT2D eigenvalue weighted by atomic mass is 9.76. The second kappa shape index (κ2) is 9.56. The number of primary amides is 1. The Hall–Kier alpha value is -4.95. The fourth-order valence-electron chi connectivity index (χ4n) is 7.21. The number of nitrogens with zero attached hydrogens (tertiary/aromatic N) is 2. The minimum Gasteiger partial charge on any atom is -0.492 e. The SMILES string of the molecule is COC1=C(C)C(=O)c2c(c(COC(N)=O)c3n2C[C@H]2[C@@H]3N2C(c2ccccc2)(c2ccccc2)c2ccccc2)C1=O. The van der Waals surface area contributed by atoms with E-state index in [1.54, 1.807) is 6.92 Å². The lowest BCUT2D eigenvalue weighted by Gasteiger charge is -2.39. The number of carbonyl (C=O) groups is 3. The summed E-state index contributed by atoms with van der Waals surface area (Å²) in [5.74, 6) is -0.645. The Kier molecular flexibility index (Phi) is 5.92. The molecule has 3 aromatic carbocycles. The largest absolute Gasteiger partial charge is 0.492 e. The first kappa shape index (κ1) is 26.0. The van der Waals surface area contributed by atoms with Crippen LogP contribution in [0, 0.1) is 0 Å². The van der Waals surface area contributed by atoms with E-state index >= 15 is 0 Å². The average Bonchev–Trinajstić information content (AvgIpc) is 3.41. The summed E-state index contributed by atoms with van der Waals surface area (Å²) >= 11 is 0. The number of Topliss-reactive ketones (excluding diaryl/α,β-unsaturated/α-hetero) is 2. The molecule has 3 heterocycles. The number of aromatic nitrogens is 1. The van der Waals surface area contributed by atoms with Crippen molar-refractivity contribution >= 4 is 17.7 Å². The van der Waals surface area contributed by atoms with Gasteiger partial charge >= 0.3 is 6.09 Å². The summed E-state index contributed by atoms with van der Waals surface area (Å²) in [6.07, 6.45) is -0.952. The van der Waals surface area contributed by atoms with Crippen molar-refractivity contribution < 1.29 is 23.9 Å².